The molecule has 0 saturated carbocycles. The minimum atomic E-state index is -3.57. The van der Waals surface area contributed by atoms with Gasteiger partial charge in [0.2, 0.25) is 0 Å². The molecular weight excluding hydrogens is 469 g/mol. The van der Waals surface area contributed by atoms with E-state index in [0.717, 1.165) is 11.4 Å². The Morgan fingerprint density at radius 2 is 1.83 bits per heavy atom. The van der Waals surface area contributed by atoms with Crippen molar-refractivity contribution in [3.8, 4) is 0 Å². The Morgan fingerprint density at radius 3 is 2.37 bits per heavy atom. The highest BCUT2D eigenvalue weighted by Crippen LogP contribution is 2.25. The molecule has 0 bridgehead atoms. The summed E-state index contributed by atoms with van der Waals surface area (Å²) < 4.78 is 44.3. The third-order valence-corrected chi connectivity index (χ3v) is 7.83. The number of sulfone groups is 1. The maximum absolute atomic E-state index is 13.0. The lowest BCUT2D eigenvalue weighted by Gasteiger charge is -2.40. The van der Waals surface area contributed by atoms with Crippen molar-refractivity contribution in [2.45, 2.75) is 69.8 Å². The number of amides is 1. The van der Waals surface area contributed by atoms with Crippen LogP contribution in [0, 0.1) is 6.92 Å². The Kier molecular flexibility index (Phi) is 8.09. The fraction of sp³-hybridized carbons (Fsp3) is 0.538. The lowest BCUT2D eigenvalue weighted by Crippen LogP contribution is -2.55. The molecule has 7 nitrogen and oxygen atoms in total. The molecule has 1 aliphatic heterocycles. The summed E-state index contributed by atoms with van der Waals surface area (Å²) in [5.41, 5.74) is 1.51. The van der Waals surface area contributed by atoms with Crippen molar-refractivity contribution in [3.05, 3.63) is 53.2 Å². The molecule has 3 rings (SSSR count). The summed E-state index contributed by atoms with van der Waals surface area (Å²) in [4.78, 5) is 21.2. The number of pyridine rings is 1. The number of halogens is 1. The Bertz CT molecular complexity index is 1150. The van der Waals surface area contributed by atoms with Crippen LogP contribution >= 0.6 is 0 Å². The molecule has 2 atom stereocenters. The molecule has 0 radical (unpaired) electrons. The molecule has 192 valence electrons. The van der Waals surface area contributed by atoms with E-state index < -0.39 is 22.1 Å². The van der Waals surface area contributed by atoms with E-state index >= 15 is 0 Å². The standard InChI is InChI=1S/C26H36FN3O4S/c1-18(15-27)21-7-10-23(11-8-21)35(32,33)17-22-9-12-24(28-20(22)3)29-13-14-30(19(2)16-29)25(31)34-26(4,5)6/h7-12,18-19H,13-17H2,1-6H3/t18-,19+/m1/s1. The Balaban J connectivity index is 1.68. The largest absolute Gasteiger partial charge is 0.444 e. The number of hydrogen-bond donors (Lipinski definition) is 0. The summed E-state index contributed by atoms with van der Waals surface area (Å²) in [5, 5.41) is 0. The minimum Gasteiger partial charge on any atom is -0.444 e. The molecule has 1 aliphatic rings. The molecule has 9 heteroatoms. The van der Waals surface area contributed by atoms with Gasteiger partial charge in [-0.1, -0.05) is 25.1 Å². The first-order valence-electron chi connectivity index (χ1n) is 11.9. The van der Waals surface area contributed by atoms with Crippen molar-refractivity contribution in [2.24, 2.45) is 0 Å². The normalized spacial score (nSPS) is 17.9. The van der Waals surface area contributed by atoms with E-state index in [1.54, 1.807) is 49.1 Å². The molecule has 1 amide bonds. The predicted octanol–water partition coefficient (Wildman–Crippen LogP) is 4.88. The number of aromatic nitrogens is 1. The van der Waals surface area contributed by atoms with Gasteiger partial charge in [-0.15, -0.1) is 0 Å². The number of anilines is 1. The van der Waals surface area contributed by atoms with Gasteiger partial charge in [0, 0.05) is 37.3 Å². The van der Waals surface area contributed by atoms with Gasteiger partial charge in [0.15, 0.2) is 9.84 Å². The maximum atomic E-state index is 13.0. The van der Waals surface area contributed by atoms with Crippen molar-refractivity contribution >= 4 is 21.7 Å². The molecule has 2 aromatic rings. The quantitative estimate of drug-likeness (QED) is 0.557. The molecule has 0 N–H and O–H groups in total. The van der Waals surface area contributed by atoms with Crippen molar-refractivity contribution in [3.63, 3.8) is 0 Å². The van der Waals surface area contributed by atoms with Gasteiger partial charge in [0.05, 0.1) is 17.3 Å². The molecule has 0 aliphatic carbocycles. The third kappa shape index (κ3) is 6.72. The van der Waals surface area contributed by atoms with Gasteiger partial charge in [-0.2, -0.15) is 0 Å². The molecule has 2 heterocycles. The first-order chi connectivity index (χ1) is 16.3. The molecule has 1 aromatic heterocycles. The number of hydrogen-bond acceptors (Lipinski definition) is 6. The maximum Gasteiger partial charge on any atom is 0.410 e. The van der Waals surface area contributed by atoms with Gasteiger partial charge in [-0.3, -0.25) is 4.39 Å². The van der Waals surface area contributed by atoms with Crippen LogP contribution in [0.2, 0.25) is 0 Å². The van der Waals surface area contributed by atoms with E-state index in [9.17, 15) is 17.6 Å². The van der Waals surface area contributed by atoms with E-state index in [-0.39, 0.29) is 28.7 Å². The topological polar surface area (TPSA) is 79.8 Å². The molecule has 0 spiro atoms. The van der Waals surface area contributed by atoms with Crippen molar-refractivity contribution in [1.82, 2.24) is 9.88 Å². The van der Waals surface area contributed by atoms with Crippen LogP contribution in [0.5, 0.6) is 0 Å². The Morgan fingerprint density at radius 1 is 1.17 bits per heavy atom. The Labute approximate surface area is 208 Å². The van der Waals surface area contributed by atoms with Crippen LogP contribution in [-0.2, 0) is 20.3 Å². The van der Waals surface area contributed by atoms with Gasteiger partial charge in [0.25, 0.3) is 0 Å². The lowest BCUT2D eigenvalue weighted by molar-refractivity contribution is 0.0158. The number of nitrogens with zero attached hydrogens (tertiary/aromatic N) is 3. The van der Waals surface area contributed by atoms with Crippen LogP contribution in [-0.4, -0.2) is 62.3 Å². The summed E-state index contributed by atoms with van der Waals surface area (Å²) in [5.74, 6) is 0.329. The van der Waals surface area contributed by atoms with E-state index in [1.165, 1.54) is 0 Å². The summed E-state index contributed by atoms with van der Waals surface area (Å²) in [6.45, 7) is 12.3. The van der Waals surface area contributed by atoms with Crippen molar-refractivity contribution in [2.75, 3.05) is 31.2 Å². The number of benzene rings is 1. The zero-order chi connectivity index (χ0) is 26.0. The fourth-order valence-electron chi connectivity index (χ4n) is 4.04. The number of ether oxygens (including phenoxy) is 1. The summed E-state index contributed by atoms with van der Waals surface area (Å²) >= 11 is 0. The van der Waals surface area contributed by atoms with E-state index in [1.807, 2.05) is 33.8 Å². The molecule has 0 unspecified atom stereocenters. The first kappa shape index (κ1) is 26.9. The molecule has 1 saturated heterocycles. The van der Waals surface area contributed by atoms with Crippen LogP contribution in [0.25, 0.3) is 0 Å². The Hall–Kier alpha value is -2.68. The van der Waals surface area contributed by atoms with Gasteiger partial charge < -0.3 is 14.5 Å². The highest BCUT2D eigenvalue weighted by molar-refractivity contribution is 7.90. The minimum absolute atomic E-state index is 0.0520. The average Bonchev–Trinajstić information content (AvgIpc) is 2.78. The van der Waals surface area contributed by atoms with E-state index in [4.69, 9.17) is 4.74 Å². The highest BCUT2D eigenvalue weighted by Gasteiger charge is 2.31. The first-order valence-corrected chi connectivity index (χ1v) is 13.6. The SMILES string of the molecule is Cc1nc(N2CCN(C(=O)OC(C)(C)C)[C@@H](C)C2)ccc1CS(=O)(=O)c1ccc([C@H](C)CF)cc1. The lowest BCUT2D eigenvalue weighted by atomic mass is 10.0. The van der Waals surface area contributed by atoms with Crippen molar-refractivity contribution < 1.29 is 22.3 Å². The number of aryl methyl sites for hydroxylation is 1. The second-order valence-corrected chi connectivity index (χ2v) is 12.3. The van der Waals surface area contributed by atoms with Gasteiger partial charge in [-0.05, 0) is 63.9 Å². The number of rotatable bonds is 6. The van der Waals surface area contributed by atoms with Crippen LogP contribution < -0.4 is 4.90 Å². The van der Waals surface area contributed by atoms with Crippen LogP contribution in [0.4, 0.5) is 15.0 Å². The van der Waals surface area contributed by atoms with Gasteiger partial charge in [-0.25, -0.2) is 18.2 Å². The summed E-state index contributed by atoms with van der Waals surface area (Å²) in [6.07, 6.45) is -0.318. The zero-order valence-electron chi connectivity index (χ0n) is 21.4. The number of piperazine rings is 1. The smallest absolute Gasteiger partial charge is 0.410 e. The monoisotopic (exact) mass is 505 g/mol. The molecule has 1 aromatic carbocycles. The number of carbonyl (C=O) groups is 1. The van der Waals surface area contributed by atoms with Crippen LogP contribution in [0.3, 0.4) is 0 Å². The number of alkyl halides is 1. The third-order valence-electron chi connectivity index (χ3n) is 6.15. The highest BCUT2D eigenvalue weighted by atomic mass is 32.2. The second-order valence-electron chi connectivity index (χ2n) is 10.3. The zero-order valence-corrected chi connectivity index (χ0v) is 22.2. The van der Waals surface area contributed by atoms with E-state index in [0.29, 0.717) is 30.9 Å². The summed E-state index contributed by atoms with van der Waals surface area (Å²) in [7, 11) is -3.57. The fourth-order valence-corrected chi connectivity index (χ4v) is 5.48. The molecule has 35 heavy (non-hydrogen) atoms. The second kappa shape index (κ2) is 10.5. The van der Waals surface area contributed by atoms with E-state index in [2.05, 4.69) is 9.88 Å². The van der Waals surface area contributed by atoms with Gasteiger partial charge in [0.1, 0.15) is 11.4 Å². The molecule has 1 fully saturated rings. The summed E-state index contributed by atoms with van der Waals surface area (Å²) in [6, 6.07) is 10.0. The van der Waals surface area contributed by atoms with Crippen molar-refractivity contribution in [1.29, 1.82) is 0 Å². The van der Waals surface area contributed by atoms with Crippen LogP contribution in [0.1, 0.15) is 57.4 Å². The predicted molar refractivity (Wildman–Crippen MR) is 135 cm³/mol. The molecular formula is C26H36FN3O4S. The number of carbonyl (C=O) groups excluding carboxylic acids is 1. The average molecular weight is 506 g/mol. The van der Waals surface area contributed by atoms with Gasteiger partial charge >= 0.3 is 6.09 Å². The van der Waals surface area contributed by atoms with Crippen LogP contribution in [0.15, 0.2) is 41.3 Å².